The van der Waals surface area contributed by atoms with Gasteiger partial charge in [-0.2, -0.15) is 0 Å². The first-order valence-electron chi connectivity index (χ1n) is 9.69. The van der Waals surface area contributed by atoms with Gasteiger partial charge in [0.1, 0.15) is 0 Å². The highest BCUT2D eigenvalue weighted by molar-refractivity contribution is 5.87. The minimum Gasteiger partial charge on any atom is -0.345 e. The normalized spacial score (nSPS) is 11.6. The third-order valence-electron chi connectivity index (χ3n) is 5.61. The van der Waals surface area contributed by atoms with E-state index in [1.807, 2.05) is 72.6 Å². The SMILES string of the molecule is CC[N+](C)(CC)CCCN(C)C(=O)C(c1ccccc1)c1ccccc1. The van der Waals surface area contributed by atoms with Crippen LogP contribution in [0.2, 0.25) is 0 Å². The van der Waals surface area contributed by atoms with Crippen LogP contribution in [0.5, 0.6) is 0 Å². The van der Waals surface area contributed by atoms with Gasteiger partial charge in [-0.1, -0.05) is 60.7 Å². The molecule has 0 saturated carbocycles. The molecular formula is C23H33N2O+. The zero-order valence-electron chi connectivity index (χ0n) is 16.7. The summed E-state index contributed by atoms with van der Waals surface area (Å²) in [7, 11) is 4.22. The van der Waals surface area contributed by atoms with Crippen molar-refractivity contribution in [1.82, 2.24) is 4.90 Å². The van der Waals surface area contributed by atoms with Crippen molar-refractivity contribution < 1.29 is 9.28 Å². The third-order valence-corrected chi connectivity index (χ3v) is 5.61. The Morgan fingerprint density at radius 2 is 1.38 bits per heavy atom. The standard InChI is InChI=1S/C23H33N2O/c1-5-25(4,6-2)19-13-18-24(3)23(26)22(20-14-9-7-10-15-20)21-16-11-8-12-17-21/h7-12,14-17,22H,5-6,13,18-19H2,1-4H3/q+1. The summed E-state index contributed by atoms with van der Waals surface area (Å²) < 4.78 is 1.06. The van der Waals surface area contributed by atoms with Crippen LogP contribution in [0.4, 0.5) is 0 Å². The summed E-state index contributed by atoms with van der Waals surface area (Å²) >= 11 is 0. The monoisotopic (exact) mass is 353 g/mol. The molecule has 26 heavy (non-hydrogen) atoms. The lowest BCUT2D eigenvalue weighted by Gasteiger charge is -2.33. The first-order chi connectivity index (χ1) is 12.5. The lowest BCUT2D eigenvalue weighted by atomic mass is 9.90. The van der Waals surface area contributed by atoms with Crippen LogP contribution in [-0.4, -0.2) is 55.6 Å². The molecule has 0 unspecified atom stereocenters. The Balaban J connectivity index is 2.11. The van der Waals surface area contributed by atoms with Gasteiger partial charge in [-0.25, -0.2) is 0 Å². The summed E-state index contributed by atoms with van der Waals surface area (Å²) in [5, 5.41) is 0. The quantitative estimate of drug-likeness (QED) is 0.620. The fourth-order valence-corrected chi connectivity index (χ4v) is 3.33. The highest BCUT2D eigenvalue weighted by Crippen LogP contribution is 2.26. The van der Waals surface area contributed by atoms with Gasteiger partial charge in [-0.05, 0) is 25.0 Å². The van der Waals surface area contributed by atoms with E-state index in [0.29, 0.717) is 0 Å². The molecule has 0 heterocycles. The predicted octanol–water partition coefficient (Wildman–Crippen LogP) is 4.15. The molecule has 0 fully saturated rings. The Morgan fingerprint density at radius 3 is 1.81 bits per heavy atom. The minimum atomic E-state index is -0.236. The Bertz CT molecular complexity index is 626. The Hall–Kier alpha value is -2.13. The van der Waals surface area contributed by atoms with E-state index < -0.39 is 0 Å². The molecule has 0 saturated heterocycles. The smallest absolute Gasteiger partial charge is 0.234 e. The van der Waals surface area contributed by atoms with E-state index in [1.165, 1.54) is 0 Å². The molecule has 0 radical (unpaired) electrons. The second-order valence-corrected chi connectivity index (χ2v) is 7.34. The molecule has 0 N–H and O–H groups in total. The number of carbonyl (C=O) groups excluding carboxylic acids is 1. The summed E-state index contributed by atoms with van der Waals surface area (Å²) in [5.41, 5.74) is 2.11. The summed E-state index contributed by atoms with van der Waals surface area (Å²) in [4.78, 5) is 15.2. The molecule has 0 aromatic heterocycles. The summed E-state index contributed by atoms with van der Waals surface area (Å²) in [6.07, 6.45) is 1.02. The minimum absolute atomic E-state index is 0.171. The Morgan fingerprint density at radius 1 is 0.923 bits per heavy atom. The molecular weight excluding hydrogens is 320 g/mol. The van der Waals surface area contributed by atoms with Crippen molar-refractivity contribution in [2.45, 2.75) is 26.2 Å². The maximum atomic E-state index is 13.3. The van der Waals surface area contributed by atoms with Crippen LogP contribution in [0.3, 0.4) is 0 Å². The van der Waals surface area contributed by atoms with E-state index in [1.54, 1.807) is 0 Å². The van der Waals surface area contributed by atoms with Gasteiger partial charge in [0, 0.05) is 20.0 Å². The highest BCUT2D eigenvalue weighted by atomic mass is 16.2. The molecule has 0 spiro atoms. The Labute approximate surface area is 158 Å². The second kappa shape index (κ2) is 9.54. The van der Waals surface area contributed by atoms with Gasteiger partial charge in [0.05, 0.1) is 32.6 Å². The molecule has 3 nitrogen and oxygen atoms in total. The Kier molecular flexibility index (Phi) is 7.40. The predicted molar refractivity (Wildman–Crippen MR) is 109 cm³/mol. The molecule has 0 bridgehead atoms. The van der Waals surface area contributed by atoms with E-state index >= 15 is 0 Å². The van der Waals surface area contributed by atoms with Crippen molar-refractivity contribution in [3.8, 4) is 0 Å². The number of nitrogens with zero attached hydrogens (tertiary/aromatic N) is 2. The van der Waals surface area contributed by atoms with Crippen LogP contribution in [0.25, 0.3) is 0 Å². The zero-order chi connectivity index (χ0) is 19.0. The van der Waals surface area contributed by atoms with E-state index in [2.05, 4.69) is 20.9 Å². The molecule has 0 aliphatic heterocycles. The summed E-state index contributed by atoms with van der Waals surface area (Å²) in [6, 6.07) is 20.2. The van der Waals surface area contributed by atoms with Gasteiger partial charge in [0.2, 0.25) is 5.91 Å². The van der Waals surface area contributed by atoms with Crippen molar-refractivity contribution in [2.24, 2.45) is 0 Å². The summed E-state index contributed by atoms with van der Waals surface area (Å²) in [5.74, 6) is -0.0646. The van der Waals surface area contributed by atoms with Crippen LogP contribution in [0, 0.1) is 0 Å². The van der Waals surface area contributed by atoms with Gasteiger partial charge in [0.25, 0.3) is 0 Å². The maximum Gasteiger partial charge on any atom is 0.234 e. The van der Waals surface area contributed by atoms with Gasteiger partial charge in [-0.3, -0.25) is 4.79 Å². The third kappa shape index (κ3) is 5.18. The molecule has 0 aliphatic carbocycles. The van der Waals surface area contributed by atoms with Gasteiger partial charge in [0.15, 0.2) is 0 Å². The molecule has 140 valence electrons. The first kappa shape index (κ1) is 20.2. The van der Waals surface area contributed by atoms with Crippen molar-refractivity contribution in [3.63, 3.8) is 0 Å². The van der Waals surface area contributed by atoms with Gasteiger partial charge < -0.3 is 9.38 Å². The van der Waals surface area contributed by atoms with Crippen LogP contribution in [0.1, 0.15) is 37.3 Å². The first-order valence-corrected chi connectivity index (χ1v) is 9.69. The maximum absolute atomic E-state index is 13.3. The lowest BCUT2D eigenvalue weighted by molar-refractivity contribution is -0.906. The van der Waals surface area contributed by atoms with Crippen molar-refractivity contribution >= 4 is 5.91 Å². The van der Waals surface area contributed by atoms with Gasteiger partial charge in [-0.15, -0.1) is 0 Å². The second-order valence-electron chi connectivity index (χ2n) is 7.34. The molecule has 2 aromatic rings. The van der Waals surface area contributed by atoms with Crippen LogP contribution in [-0.2, 0) is 4.79 Å². The van der Waals surface area contributed by atoms with Crippen molar-refractivity contribution in [3.05, 3.63) is 71.8 Å². The number of carbonyl (C=O) groups is 1. The van der Waals surface area contributed by atoms with E-state index in [4.69, 9.17) is 0 Å². The molecule has 3 heteroatoms. The fourth-order valence-electron chi connectivity index (χ4n) is 3.33. The van der Waals surface area contributed by atoms with E-state index in [0.717, 1.165) is 48.2 Å². The number of hydrogen-bond donors (Lipinski definition) is 0. The van der Waals surface area contributed by atoms with Crippen LogP contribution >= 0.6 is 0 Å². The topological polar surface area (TPSA) is 20.3 Å². The number of likely N-dealkylation sites (N-methyl/N-ethyl adjacent to an activating group) is 1. The number of benzene rings is 2. The highest BCUT2D eigenvalue weighted by Gasteiger charge is 2.26. The molecule has 2 aromatic carbocycles. The number of amides is 1. The lowest BCUT2D eigenvalue weighted by Crippen LogP contribution is -2.45. The fraction of sp³-hybridized carbons (Fsp3) is 0.435. The number of rotatable bonds is 9. The number of hydrogen-bond acceptors (Lipinski definition) is 1. The average Bonchev–Trinajstić information content (AvgIpc) is 2.69. The average molecular weight is 354 g/mol. The molecule has 1 amide bonds. The number of quaternary nitrogens is 1. The van der Waals surface area contributed by atoms with Crippen LogP contribution < -0.4 is 0 Å². The summed E-state index contributed by atoms with van der Waals surface area (Å²) in [6.45, 7) is 8.63. The molecule has 2 rings (SSSR count). The largest absolute Gasteiger partial charge is 0.345 e. The van der Waals surface area contributed by atoms with Crippen LogP contribution in [0.15, 0.2) is 60.7 Å². The van der Waals surface area contributed by atoms with Gasteiger partial charge >= 0.3 is 0 Å². The van der Waals surface area contributed by atoms with Crippen molar-refractivity contribution in [2.75, 3.05) is 40.3 Å². The molecule has 0 atom stereocenters. The molecule has 0 aliphatic rings. The van der Waals surface area contributed by atoms with E-state index in [-0.39, 0.29) is 11.8 Å². The van der Waals surface area contributed by atoms with E-state index in [9.17, 15) is 4.79 Å². The van der Waals surface area contributed by atoms with Crippen molar-refractivity contribution in [1.29, 1.82) is 0 Å². The zero-order valence-corrected chi connectivity index (χ0v) is 16.7.